The second-order valence-corrected chi connectivity index (χ2v) is 5.22. The molecule has 108 valence electrons. The van der Waals surface area contributed by atoms with Gasteiger partial charge >= 0.3 is 0 Å². The van der Waals surface area contributed by atoms with Crippen LogP contribution in [0.3, 0.4) is 0 Å². The van der Waals surface area contributed by atoms with Crippen LogP contribution in [-0.2, 0) is 13.6 Å². The number of nitrogen functional groups attached to an aromatic ring is 1. The molecule has 0 bridgehead atoms. The van der Waals surface area contributed by atoms with E-state index in [4.69, 9.17) is 5.73 Å². The highest BCUT2D eigenvalue weighted by atomic mass is 15.3. The molecular weight excluding hydrogens is 262 g/mol. The Bertz CT molecular complexity index is 804. The van der Waals surface area contributed by atoms with Gasteiger partial charge in [-0.1, -0.05) is 0 Å². The molecule has 0 saturated carbocycles. The molecule has 3 N–H and O–H groups in total. The molecule has 0 saturated heterocycles. The first-order valence-electron chi connectivity index (χ1n) is 6.94. The molecule has 0 aliphatic rings. The topological polar surface area (TPSA) is 68.8 Å². The Morgan fingerprint density at radius 2 is 2.05 bits per heavy atom. The van der Waals surface area contributed by atoms with E-state index in [1.54, 1.807) is 6.20 Å². The van der Waals surface area contributed by atoms with Crippen molar-refractivity contribution < 1.29 is 0 Å². The molecule has 0 amide bonds. The molecule has 5 heteroatoms. The minimum absolute atomic E-state index is 0.710. The Kier molecular flexibility index (Phi) is 3.25. The fourth-order valence-electron chi connectivity index (χ4n) is 2.59. The maximum Gasteiger partial charge on any atom is 0.0724 e. The van der Waals surface area contributed by atoms with Crippen LogP contribution in [0.2, 0.25) is 0 Å². The van der Waals surface area contributed by atoms with Gasteiger partial charge in [-0.3, -0.25) is 9.67 Å². The largest absolute Gasteiger partial charge is 0.397 e. The normalized spacial score (nSPS) is 11.0. The Hall–Kier alpha value is -2.56. The third-order valence-corrected chi connectivity index (χ3v) is 3.94. The molecule has 0 radical (unpaired) electrons. The highest BCUT2D eigenvalue weighted by Gasteiger charge is 2.10. The zero-order valence-electron chi connectivity index (χ0n) is 12.5. The van der Waals surface area contributed by atoms with Gasteiger partial charge in [0, 0.05) is 36.4 Å². The number of rotatable bonds is 3. The van der Waals surface area contributed by atoms with Crippen LogP contribution in [-0.4, -0.2) is 14.8 Å². The Morgan fingerprint density at radius 3 is 2.76 bits per heavy atom. The van der Waals surface area contributed by atoms with Gasteiger partial charge in [-0.05, 0) is 38.1 Å². The predicted molar refractivity (Wildman–Crippen MR) is 86.2 cm³/mol. The number of fused-ring (bicyclic) bond motifs is 1. The van der Waals surface area contributed by atoms with Crippen molar-refractivity contribution in [2.75, 3.05) is 11.1 Å². The van der Waals surface area contributed by atoms with Gasteiger partial charge in [0.2, 0.25) is 0 Å². The predicted octanol–water partition coefficient (Wildman–Crippen LogP) is 2.78. The van der Waals surface area contributed by atoms with Crippen LogP contribution in [0.4, 0.5) is 11.4 Å². The summed E-state index contributed by atoms with van der Waals surface area (Å²) in [4.78, 5) is 4.31. The minimum Gasteiger partial charge on any atom is -0.397 e. The third kappa shape index (κ3) is 2.31. The molecule has 1 aromatic carbocycles. The molecule has 0 aliphatic heterocycles. The first kappa shape index (κ1) is 13.4. The number of hydrogen-bond acceptors (Lipinski definition) is 4. The van der Waals surface area contributed by atoms with Crippen LogP contribution in [0.5, 0.6) is 0 Å². The molecule has 5 nitrogen and oxygen atoms in total. The van der Waals surface area contributed by atoms with E-state index in [2.05, 4.69) is 22.3 Å². The first-order chi connectivity index (χ1) is 10.1. The highest BCUT2D eigenvalue weighted by molar-refractivity contribution is 5.96. The average molecular weight is 281 g/mol. The quantitative estimate of drug-likeness (QED) is 0.724. The van der Waals surface area contributed by atoms with Crippen molar-refractivity contribution in [3.63, 3.8) is 0 Å². The third-order valence-electron chi connectivity index (χ3n) is 3.94. The van der Waals surface area contributed by atoms with Gasteiger partial charge in [-0.25, -0.2) is 0 Å². The lowest BCUT2D eigenvalue weighted by atomic mass is 10.1. The van der Waals surface area contributed by atoms with Crippen molar-refractivity contribution in [2.24, 2.45) is 7.05 Å². The van der Waals surface area contributed by atoms with Gasteiger partial charge in [0.05, 0.1) is 22.6 Å². The average Bonchev–Trinajstić information content (AvgIpc) is 2.72. The molecule has 3 aromatic rings. The van der Waals surface area contributed by atoms with E-state index in [0.717, 1.165) is 28.0 Å². The fourth-order valence-corrected chi connectivity index (χ4v) is 2.59. The summed E-state index contributed by atoms with van der Waals surface area (Å²) in [5.41, 5.74) is 12.2. The first-order valence-corrected chi connectivity index (χ1v) is 6.94. The van der Waals surface area contributed by atoms with Crippen molar-refractivity contribution in [3.05, 3.63) is 47.4 Å². The summed E-state index contributed by atoms with van der Waals surface area (Å²) in [6, 6.07) is 7.85. The van der Waals surface area contributed by atoms with Crippen LogP contribution in [0, 0.1) is 13.8 Å². The van der Waals surface area contributed by atoms with Crippen molar-refractivity contribution in [3.8, 4) is 0 Å². The number of pyridine rings is 1. The zero-order chi connectivity index (χ0) is 15.0. The molecule has 2 heterocycles. The van der Waals surface area contributed by atoms with E-state index in [-0.39, 0.29) is 0 Å². The summed E-state index contributed by atoms with van der Waals surface area (Å²) < 4.78 is 1.90. The molecule has 0 atom stereocenters. The fraction of sp³-hybridized carbons (Fsp3) is 0.250. The lowest BCUT2D eigenvalue weighted by molar-refractivity contribution is 0.730. The number of benzene rings is 1. The van der Waals surface area contributed by atoms with E-state index in [1.165, 1.54) is 11.3 Å². The maximum atomic E-state index is 6.24. The summed E-state index contributed by atoms with van der Waals surface area (Å²) in [7, 11) is 1.96. The lowest BCUT2D eigenvalue weighted by Crippen LogP contribution is -2.05. The number of nitrogens with zero attached hydrogens (tertiary/aromatic N) is 3. The molecular formula is C16H19N5. The van der Waals surface area contributed by atoms with Crippen LogP contribution in [0.25, 0.3) is 10.9 Å². The van der Waals surface area contributed by atoms with Crippen LogP contribution < -0.4 is 11.1 Å². The molecule has 0 spiro atoms. The Balaban J connectivity index is 1.90. The summed E-state index contributed by atoms with van der Waals surface area (Å²) in [6.45, 7) is 4.81. The zero-order valence-corrected chi connectivity index (χ0v) is 12.5. The van der Waals surface area contributed by atoms with Crippen molar-refractivity contribution in [1.82, 2.24) is 14.8 Å². The monoisotopic (exact) mass is 281 g/mol. The van der Waals surface area contributed by atoms with E-state index >= 15 is 0 Å². The van der Waals surface area contributed by atoms with E-state index in [9.17, 15) is 0 Å². The van der Waals surface area contributed by atoms with Crippen molar-refractivity contribution in [1.29, 1.82) is 0 Å². The number of aromatic nitrogens is 3. The van der Waals surface area contributed by atoms with Crippen LogP contribution in [0.1, 0.15) is 17.0 Å². The Morgan fingerprint density at radius 1 is 1.24 bits per heavy atom. The van der Waals surface area contributed by atoms with Gasteiger partial charge in [0.25, 0.3) is 0 Å². The molecule has 0 unspecified atom stereocenters. The van der Waals surface area contributed by atoms with E-state index in [0.29, 0.717) is 6.54 Å². The molecule has 0 fully saturated rings. The number of nitrogens with one attached hydrogen (secondary N) is 1. The second kappa shape index (κ2) is 5.09. The number of hydrogen-bond donors (Lipinski definition) is 2. The molecule has 0 aliphatic carbocycles. The van der Waals surface area contributed by atoms with Gasteiger partial charge in [-0.15, -0.1) is 0 Å². The van der Waals surface area contributed by atoms with Crippen LogP contribution in [0.15, 0.2) is 30.5 Å². The molecule has 3 rings (SSSR count). The maximum absolute atomic E-state index is 6.24. The second-order valence-electron chi connectivity index (χ2n) is 5.22. The summed E-state index contributed by atoms with van der Waals surface area (Å²) in [6.07, 6.45) is 1.78. The minimum atomic E-state index is 0.710. The molecule has 21 heavy (non-hydrogen) atoms. The summed E-state index contributed by atoms with van der Waals surface area (Å²) >= 11 is 0. The van der Waals surface area contributed by atoms with E-state index in [1.807, 2.05) is 42.9 Å². The standard InChI is InChI=1S/C16H19N5/c1-10-13(11(2)21(3)20-10)9-19-15-7-6-14-12(16(15)17)5-4-8-18-14/h4-8,19H,9,17H2,1-3H3. The number of anilines is 2. The molecule has 2 aromatic heterocycles. The van der Waals surface area contributed by atoms with Gasteiger partial charge < -0.3 is 11.1 Å². The summed E-state index contributed by atoms with van der Waals surface area (Å²) in [5, 5.41) is 8.82. The number of aryl methyl sites for hydroxylation is 2. The van der Waals surface area contributed by atoms with Crippen molar-refractivity contribution >= 4 is 22.3 Å². The smallest absolute Gasteiger partial charge is 0.0724 e. The van der Waals surface area contributed by atoms with Gasteiger partial charge in [0.15, 0.2) is 0 Å². The van der Waals surface area contributed by atoms with E-state index < -0.39 is 0 Å². The van der Waals surface area contributed by atoms with Crippen molar-refractivity contribution in [2.45, 2.75) is 20.4 Å². The Labute approximate surface area is 123 Å². The summed E-state index contributed by atoms with van der Waals surface area (Å²) in [5.74, 6) is 0. The lowest BCUT2D eigenvalue weighted by Gasteiger charge is -2.11. The highest BCUT2D eigenvalue weighted by Crippen LogP contribution is 2.28. The SMILES string of the molecule is Cc1nn(C)c(C)c1CNc1ccc2ncccc2c1N. The van der Waals surface area contributed by atoms with Crippen LogP contribution >= 0.6 is 0 Å². The van der Waals surface area contributed by atoms with Gasteiger partial charge in [0.1, 0.15) is 0 Å². The van der Waals surface area contributed by atoms with Gasteiger partial charge in [-0.2, -0.15) is 5.10 Å². The number of nitrogens with two attached hydrogens (primary N) is 1.